The summed E-state index contributed by atoms with van der Waals surface area (Å²) in [6, 6.07) is 4.81. The third-order valence-corrected chi connectivity index (χ3v) is 7.53. The average molecular weight is 467 g/mol. The van der Waals surface area contributed by atoms with Gasteiger partial charge in [0.2, 0.25) is 5.91 Å². The Morgan fingerprint density at radius 3 is 2.52 bits per heavy atom. The Kier molecular flexibility index (Phi) is 6.64. The number of hydrogen-bond donors (Lipinski definition) is 1. The van der Waals surface area contributed by atoms with Crippen LogP contribution in [0.2, 0.25) is 0 Å². The van der Waals surface area contributed by atoms with Gasteiger partial charge in [-0.1, -0.05) is 6.92 Å². The van der Waals surface area contributed by atoms with E-state index in [2.05, 4.69) is 4.72 Å². The van der Waals surface area contributed by atoms with Crippen molar-refractivity contribution in [2.45, 2.75) is 50.1 Å². The van der Waals surface area contributed by atoms with E-state index in [9.17, 15) is 18.6 Å². The molecule has 1 aliphatic heterocycles. The molecule has 1 N–H and O–H groups in total. The first kappa shape index (κ1) is 22.2. The van der Waals surface area contributed by atoms with Crippen molar-refractivity contribution in [2.24, 2.45) is 5.92 Å². The lowest BCUT2D eigenvalue weighted by Gasteiger charge is -2.32. The number of fused-ring (bicyclic) bond motifs is 1. The van der Waals surface area contributed by atoms with E-state index in [1.807, 2.05) is 6.92 Å². The van der Waals surface area contributed by atoms with E-state index in [1.165, 1.54) is 4.57 Å². The Labute approximate surface area is 187 Å². The molecule has 2 aliphatic rings. The standard InChI is InChI=1S/C21H27ClN4O4S/c1-2-23-31(30)16-5-6-18-17(11-16)20(28)26(21(29)25(18)13-14-3-4-14)15-7-9-24(10-8-15)19(27)12-22/h5-6,11,14-15,23H,2-4,7-10,12-13H2,1H3. The quantitative estimate of drug-likeness (QED) is 0.627. The Balaban J connectivity index is 1.79. The maximum atomic E-state index is 13.4. The molecule has 8 nitrogen and oxygen atoms in total. The van der Waals surface area contributed by atoms with Gasteiger partial charge in [0.1, 0.15) is 16.9 Å². The zero-order chi connectivity index (χ0) is 22.1. The van der Waals surface area contributed by atoms with Gasteiger partial charge in [-0.05, 0) is 49.8 Å². The van der Waals surface area contributed by atoms with Crippen LogP contribution in [-0.2, 0) is 22.3 Å². The summed E-state index contributed by atoms with van der Waals surface area (Å²) in [5.41, 5.74) is -0.0678. The SMILES string of the molecule is CCNS(=O)c1ccc2c(c1)c(=O)n(C1CCN(C(=O)CCl)CC1)c(=O)n2CC1CC1. The van der Waals surface area contributed by atoms with E-state index in [0.29, 0.717) is 60.7 Å². The fourth-order valence-corrected chi connectivity index (χ4v) is 5.23. The molecule has 4 rings (SSSR count). The Bertz CT molecular complexity index is 1130. The van der Waals surface area contributed by atoms with Gasteiger partial charge in [0, 0.05) is 32.2 Å². The van der Waals surface area contributed by atoms with Crippen molar-refractivity contribution in [3.8, 4) is 0 Å². The van der Waals surface area contributed by atoms with E-state index in [4.69, 9.17) is 11.6 Å². The molecule has 1 aromatic carbocycles. The van der Waals surface area contributed by atoms with Crippen molar-refractivity contribution in [1.29, 1.82) is 0 Å². The zero-order valence-electron chi connectivity index (χ0n) is 17.5. The largest absolute Gasteiger partial charge is 0.342 e. The minimum atomic E-state index is -1.42. The van der Waals surface area contributed by atoms with E-state index < -0.39 is 11.0 Å². The fraction of sp³-hybridized carbons (Fsp3) is 0.571. The highest BCUT2D eigenvalue weighted by Gasteiger charge is 2.29. The van der Waals surface area contributed by atoms with Crippen molar-refractivity contribution in [3.63, 3.8) is 0 Å². The van der Waals surface area contributed by atoms with Crippen LogP contribution in [0, 0.1) is 5.92 Å². The number of piperidine rings is 1. The van der Waals surface area contributed by atoms with Gasteiger partial charge in [0.25, 0.3) is 5.56 Å². The number of halogens is 1. The molecule has 2 fully saturated rings. The van der Waals surface area contributed by atoms with Gasteiger partial charge in [0.05, 0.1) is 15.8 Å². The monoisotopic (exact) mass is 466 g/mol. The summed E-state index contributed by atoms with van der Waals surface area (Å²) in [6.07, 6.45) is 3.20. The number of rotatable bonds is 7. The van der Waals surface area contributed by atoms with Gasteiger partial charge in [-0.2, -0.15) is 0 Å². The second-order valence-corrected chi connectivity index (χ2v) is 9.77. The summed E-state index contributed by atoms with van der Waals surface area (Å²) >= 11 is 5.66. The molecule has 0 spiro atoms. The molecular formula is C21H27ClN4O4S. The number of nitrogens with zero attached hydrogens (tertiary/aromatic N) is 3. The Hall–Kier alpha value is -1.97. The number of carbonyl (C=O) groups is 1. The van der Waals surface area contributed by atoms with Crippen LogP contribution in [0.4, 0.5) is 0 Å². The summed E-state index contributed by atoms with van der Waals surface area (Å²) in [5, 5.41) is 0.406. The summed E-state index contributed by atoms with van der Waals surface area (Å²) in [7, 11) is -1.42. The Morgan fingerprint density at radius 1 is 1.19 bits per heavy atom. The lowest BCUT2D eigenvalue weighted by atomic mass is 10.0. The molecule has 1 unspecified atom stereocenters. The van der Waals surface area contributed by atoms with Crippen LogP contribution in [0.25, 0.3) is 10.9 Å². The van der Waals surface area contributed by atoms with E-state index in [1.54, 1.807) is 27.7 Å². The molecular weight excluding hydrogens is 440 g/mol. The number of aromatic nitrogens is 2. The second-order valence-electron chi connectivity index (χ2n) is 8.20. The smallest absolute Gasteiger partial charge is 0.331 e. The van der Waals surface area contributed by atoms with Crippen molar-refractivity contribution < 1.29 is 9.00 Å². The molecule has 0 bridgehead atoms. The van der Waals surface area contributed by atoms with Crippen molar-refractivity contribution >= 4 is 39.4 Å². The number of carbonyl (C=O) groups excluding carboxylic acids is 1. The molecule has 0 radical (unpaired) electrons. The van der Waals surface area contributed by atoms with Crippen LogP contribution in [0.3, 0.4) is 0 Å². The van der Waals surface area contributed by atoms with Crippen LogP contribution in [0.5, 0.6) is 0 Å². The maximum absolute atomic E-state index is 13.4. The lowest BCUT2D eigenvalue weighted by molar-refractivity contribution is -0.129. The number of alkyl halides is 1. The maximum Gasteiger partial charge on any atom is 0.331 e. The molecule has 1 aliphatic carbocycles. The first-order chi connectivity index (χ1) is 14.9. The van der Waals surface area contributed by atoms with Gasteiger partial charge in [-0.3, -0.25) is 18.7 Å². The van der Waals surface area contributed by atoms with Gasteiger partial charge >= 0.3 is 5.69 Å². The molecule has 1 aromatic heterocycles. The molecule has 10 heteroatoms. The highest BCUT2D eigenvalue weighted by Crippen LogP contribution is 2.31. The molecule has 1 saturated carbocycles. The topological polar surface area (TPSA) is 93.4 Å². The van der Waals surface area contributed by atoms with Crippen LogP contribution < -0.4 is 16.0 Å². The first-order valence-electron chi connectivity index (χ1n) is 10.7. The van der Waals surface area contributed by atoms with Gasteiger partial charge in [-0.15, -0.1) is 11.6 Å². The zero-order valence-corrected chi connectivity index (χ0v) is 19.1. The first-order valence-corrected chi connectivity index (χ1v) is 12.4. The van der Waals surface area contributed by atoms with Crippen LogP contribution >= 0.6 is 11.6 Å². The number of likely N-dealkylation sites (tertiary alicyclic amines) is 1. The van der Waals surface area contributed by atoms with Gasteiger partial charge in [-0.25, -0.2) is 13.7 Å². The lowest BCUT2D eigenvalue weighted by Crippen LogP contribution is -2.47. The number of benzene rings is 1. The third kappa shape index (κ3) is 4.49. The van der Waals surface area contributed by atoms with Crippen LogP contribution in [-0.4, -0.2) is 49.7 Å². The highest BCUT2D eigenvalue weighted by molar-refractivity contribution is 7.83. The van der Waals surface area contributed by atoms with Crippen LogP contribution in [0.15, 0.2) is 32.7 Å². The third-order valence-electron chi connectivity index (χ3n) is 6.07. The number of nitrogens with one attached hydrogen (secondary N) is 1. The summed E-state index contributed by atoms with van der Waals surface area (Å²) < 4.78 is 18.3. The van der Waals surface area contributed by atoms with E-state index >= 15 is 0 Å². The predicted octanol–water partition coefficient (Wildman–Crippen LogP) is 1.61. The molecule has 2 heterocycles. The minimum absolute atomic E-state index is 0.0690. The predicted molar refractivity (Wildman–Crippen MR) is 121 cm³/mol. The summed E-state index contributed by atoms with van der Waals surface area (Å²) in [6.45, 7) is 3.91. The molecule has 2 aromatic rings. The molecule has 31 heavy (non-hydrogen) atoms. The summed E-state index contributed by atoms with van der Waals surface area (Å²) in [4.78, 5) is 40.9. The van der Waals surface area contributed by atoms with Crippen molar-refractivity contribution in [3.05, 3.63) is 39.0 Å². The normalized spacial score (nSPS) is 18.5. The van der Waals surface area contributed by atoms with Crippen LogP contribution in [0.1, 0.15) is 38.6 Å². The van der Waals surface area contributed by atoms with E-state index in [-0.39, 0.29) is 29.1 Å². The molecule has 1 amide bonds. The minimum Gasteiger partial charge on any atom is -0.342 e. The summed E-state index contributed by atoms with van der Waals surface area (Å²) in [5.74, 6) is 0.249. The second kappa shape index (κ2) is 9.26. The average Bonchev–Trinajstić information content (AvgIpc) is 3.61. The molecule has 1 saturated heterocycles. The van der Waals surface area contributed by atoms with Gasteiger partial charge < -0.3 is 4.90 Å². The molecule has 1 atom stereocenters. The van der Waals surface area contributed by atoms with E-state index in [0.717, 1.165) is 12.8 Å². The Morgan fingerprint density at radius 2 is 1.90 bits per heavy atom. The van der Waals surface area contributed by atoms with Gasteiger partial charge in [0.15, 0.2) is 0 Å². The van der Waals surface area contributed by atoms with Crippen molar-refractivity contribution in [2.75, 3.05) is 25.5 Å². The van der Waals surface area contributed by atoms with Crippen molar-refractivity contribution in [1.82, 2.24) is 18.8 Å². The molecule has 168 valence electrons. The highest BCUT2D eigenvalue weighted by atomic mass is 35.5. The fourth-order valence-electron chi connectivity index (χ4n) is 4.22. The number of amides is 1. The number of hydrogen-bond acceptors (Lipinski definition) is 4.